The highest BCUT2D eigenvalue weighted by Gasteiger charge is 2.16. The molecule has 0 aromatic carbocycles. The van der Waals surface area contributed by atoms with Gasteiger partial charge in [0.15, 0.2) is 0 Å². The van der Waals surface area contributed by atoms with Crippen LogP contribution in [-0.2, 0) is 4.79 Å². The van der Waals surface area contributed by atoms with Crippen molar-refractivity contribution in [3.63, 3.8) is 0 Å². The SMILES string of the molecule is CC[CH]N1CCSCC1=O. The van der Waals surface area contributed by atoms with Gasteiger partial charge in [-0.25, -0.2) is 0 Å². The van der Waals surface area contributed by atoms with Crippen LogP contribution in [-0.4, -0.2) is 28.9 Å². The molecule has 1 heterocycles. The Bertz CT molecular complexity index is 125. The van der Waals surface area contributed by atoms with Crippen LogP contribution in [0, 0.1) is 6.54 Å². The van der Waals surface area contributed by atoms with Crippen molar-refractivity contribution in [3.05, 3.63) is 6.54 Å². The van der Waals surface area contributed by atoms with Crippen molar-refractivity contribution in [2.24, 2.45) is 0 Å². The third-order valence-electron chi connectivity index (χ3n) is 1.43. The molecule has 0 N–H and O–H groups in total. The summed E-state index contributed by atoms with van der Waals surface area (Å²) in [5.74, 6) is 2.01. The van der Waals surface area contributed by atoms with Crippen LogP contribution >= 0.6 is 11.8 Å². The first kappa shape index (κ1) is 7.92. The van der Waals surface area contributed by atoms with Gasteiger partial charge < -0.3 is 4.90 Å². The number of hydrogen-bond donors (Lipinski definition) is 0. The fraction of sp³-hybridized carbons (Fsp3) is 0.714. The van der Waals surface area contributed by atoms with Gasteiger partial charge >= 0.3 is 0 Å². The van der Waals surface area contributed by atoms with Gasteiger partial charge in [0.2, 0.25) is 5.91 Å². The minimum Gasteiger partial charge on any atom is -0.336 e. The Morgan fingerprint density at radius 3 is 3.20 bits per heavy atom. The first-order chi connectivity index (χ1) is 4.84. The second-order valence-corrected chi connectivity index (χ2v) is 3.34. The molecule has 1 fully saturated rings. The molecule has 1 radical (unpaired) electrons. The smallest absolute Gasteiger partial charge is 0.232 e. The van der Waals surface area contributed by atoms with E-state index in [9.17, 15) is 4.79 Å². The zero-order valence-electron chi connectivity index (χ0n) is 6.17. The van der Waals surface area contributed by atoms with E-state index in [-0.39, 0.29) is 5.91 Å². The van der Waals surface area contributed by atoms with Gasteiger partial charge in [-0.05, 0) is 6.42 Å². The third kappa shape index (κ3) is 1.90. The lowest BCUT2D eigenvalue weighted by atomic mass is 10.4. The lowest BCUT2D eigenvalue weighted by Crippen LogP contribution is -2.35. The number of carbonyl (C=O) groups is 1. The molecule has 2 nitrogen and oxygen atoms in total. The lowest BCUT2D eigenvalue weighted by molar-refractivity contribution is -0.127. The number of rotatable bonds is 2. The number of nitrogens with zero attached hydrogens (tertiary/aromatic N) is 1. The van der Waals surface area contributed by atoms with E-state index in [4.69, 9.17) is 0 Å². The van der Waals surface area contributed by atoms with E-state index in [1.54, 1.807) is 11.8 Å². The van der Waals surface area contributed by atoms with Crippen LogP contribution in [0.25, 0.3) is 0 Å². The van der Waals surface area contributed by atoms with Gasteiger partial charge in [0.25, 0.3) is 0 Å². The molecule has 1 amide bonds. The van der Waals surface area contributed by atoms with Crippen LogP contribution in [0.2, 0.25) is 0 Å². The highest BCUT2D eigenvalue weighted by atomic mass is 32.2. The predicted molar refractivity (Wildman–Crippen MR) is 43.6 cm³/mol. The number of hydrogen-bond acceptors (Lipinski definition) is 2. The van der Waals surface area contributed by atoms with Crippen molar-refractivity contribution in [2.45, 2.75) is 13.3 Å². The van der Waals surface area contributed by atoms with Crippen LogP contribution in [0.1, 0.15) is 13.3 Å². The summed E-state index contributed by atoms with van der Waals surface area (Å²) in [5, 5.41) is 0. The van der Waals surface area contributed by atoms with E-state index in [2.05, 4.69) is 6.92 Å². The van der Waals surface area contributed by atoms with Crippen LogP contribution in [0.15, 0.2) is 0 Å². The van der Waals surface area contributed by atoms with Crippen molar-refractivity contribution >= 4 is 17.7 Å². The maximum Gasteiger partial charge on any atom is 0.232 e. The fourth-order valence-corrected chi connectivity index (χ4v) is 1.75. The fourth-order valence-electron chi connectivity index (χ4n) is 0.943. The van der Waals surface area contributed by atoms with Gasteiger partial charge in [0, 0.05) is 12.3 Å². The van der Waals surface area contributed by atoms with Crippen molar-refractivity contribution < 1.29 is 4.79 Å². The topological polar surface area (TPSA) is 20.3 Å². The van der Waals surface area contributed by atoms with Crippen LogP contribution < -0.4 is 0 Å². The maximum absolute atomic E-state index is 11.1. The first-order valence-corrected chi connectivity index (χ1v) is 4.70. The molecular formula is C7H12NOS. The highest BCUT2D eigenvalue weighted by Crippen LogP contribution is 2.12. The van der Waals surface area contributed by atoms with Gasteiger partial charge in [0.1, 0.15) is 0 Å². The summed E-state index contributed by atoms with van der Waals surface area (Å²) < 4.78 is 0. The van der Waals surface area contributed by atoms with Gasteiger partial charge in [-0.2, -0.15) is 11.8 Å². The Kier molecular flexibility index (Phi) is 3.06. The molecule has 1 aliphatic rings. The maximum atomic E-state index is 11.1. The van der Waals surface area contributed by atoms with Gasteiger partial charge in [0.05, 0.1) is 12.3 Å². The first-order valence-electron chi connectivity index (χ1n) is 3.55. The normalized spacial score (nSPS) is 19.7. The summed E-state index contributed by atoms with van der Waals surface area (Å²) in [6.45, 7) is 4.93. The molecule has 3 heteroatoms. The van der Waals surface area contributed by atoms with E-state index in [0.29, 0.717) is 5.75 Å². The van der Waals surface area contributed by atoms with E-state index in [1.807, 2.05) is 11.4 Å². The minimum absolute atomic E-state index is 0.262. The zero-order chi connectivity index (χ0) is 7.40. The summed E-state index contributed by atoms with van der Waals surface area (Å²) in [6, 6.07) is 0. The molecule has 0 aromatic heterocycles. The van der Waals surface area contributed by atoms with E-state index < -0.39 is 0 Å². The summed E-state index contributed by atoms with van der Waals surface area (Å²) in [5.41, 5.74) is 0. The molecule has 0 aromatic rings. The zero-order valence-corrected chi connectivity index (χ0v) is 6.99. The average Bonchev–Trinajstić information content (AvgIpc) is 1.94. The monoisotopic (exact) mass is 158 g/mol. The molecule has 0 aliphatic carbocycles. The molecule has 1 aliphatic heterocycles. The quantitative estimate of drug-likeness (QED) is 0.600. The molecular weight excluding hydrogens is 146 g/mol. The second-order valence-electron chi connectivity index (χ2n) is 2.23. The third-order valence-corrected chi connectivity index (χ3v) is 2.35. The summed E-state index contributed by atoms with van der Waals surface area (Å²) in [6.07, 6.45) is 0.955. The van der Waals surface area contributed by atoms with Crippen molar-refractivity contribution in [2.75, 3.05) is 18.1 Å². The minimum atomic E-state index is 0.262. The Hall–Kier alpha value is -0.180. The average molecular weight is 158 g/mol. The summed E-state index contributed by atoms with van der Waals surface area (Å²) >= 11 is 1.72. The number of thioether (sulfide) groups is 1. The molecule has 1 rings (SSSR count). The Morgan fingerprint density at radius 1 is 1.80 bits per heavy atom. The standard InChI is InChI=1S/C7H12NOS/c1-2-3-8-4-5-10-6-7(8)9/h3H,2,4-6H2,1H3. The molecule has 1 saturated heterocycles. The Labute approximate surface area is 66.0 Å². The molecule has 0 atom stereocenters. The highest BCUT2D eigenvalue weighted by molar-refractivity contribution is 8.00. The van der Waals surface area contributed by atoms with Crippen molar-refractivity contribution in [1.29, 1.82) is 0 Å². The van der Waals surface area contributed by atoms with Gasteiger partial charge in [-0.3, -0.25) is 4.79 Å². The molecule has 0 unspecified atom stereocenters. The number of amides is 1. The Balaban J connectivity index is 2.32. The number of carbonyl (C=O) groups excluding carboxylic acids is 1. The van der Waals surface area contributed by atoms with Gasteiger partial charge in [-0.1, -0.05) is 6.92 Å². The molecule has 0 saturated carbocycles. The van der Waals surface area contributed by atoms with Crippen LogP contribution in [0.5, 0.6) is 0 Å². The molecule has 10 heavy (non-hydrogen) atoms. The molecule has 57 valence electrons. The van der Waals surface area contributed by atoms with Crippen LogP contribution in [0.3, 0.4) is 0 Å². The predicted octanol–water partition coefficient (Wildman–Crippen LogP) is 1.13. The van der Waals surface area contributed by atoms with E-state index in [1.165, 1.54) is 0 Å². The summed E-state index contributed by atoms with van der Waals surface area (Å²) in [4.78, 5) is 12.9. The Morgan fingerprint density at radius 2 is 2.60 bits per heavy atom. The van der Waals surface area contributed by atoms with Crippen molar-refractivity contribution in [1.82, 2.24) is 4.90 Å². The molecule has 0 bridgehead atoms. The lowest BCUT2D eigenvalue weighted by Gasteiger charge is -2.25. The van der Waals surface area contributed by atoms with Gasteiger partial charge in [-0.15, -0.1) is 0 Å². The second kappa shape index (κ2) is 3.86. The summed E-state index contributed by atoms with van der Waals surface area (Å²) in [7, 11) is 0. The van der Waals surface area contributed by atoms with Crippen LogP contribution in [0.4, 0.5) is 0 Å². The molecule has 0 spiro atoms. The van der Waals surface area contributed by atoms with Crippen molar-refractivity contribution in [3.8, 4) is 0 Å². The van der Waals surface area contributed by atoms with E-state index in [0.717, 1.165) is 18.7 Å². The van der Waals surface area contributed by atoms with E-state index >= 15 is 0 Å². The largest absolute Gasteiger partial charge is 0.336 e.